The van der Waals surface area contributed by atoms with E-state index in [2.05, 4.69) is 40.2 Å². The number of ether oxygens (including phenoxy) is 1. The van der Waals surface area contributed by atoms with E-state index >= 15 is 0 Å². The minimum atomic E-state index is 0.235. The molecule has 154 valence electrons. The number of nitrogens with two attached hydrogens (primary N) is 1. The zero-order chi connectivity index (χ0) is 20.4. The maximum Gasteiger partial charge on any atom is 0.219 e. The molecule has 0 aromatic carbocycles. The van der Waals surface area contributed by atoms with Crippen molar-refractivity contribution < 1.29 is 4.74 Å². The van der Waals surface area contributed by atoms with Gasteiger partial charge in [-0.25, -0.2) is 24.9 Å². The minimum absolute atomic E-state index is 0.235. The Morgan fingerprint density at radius 3 is 2.48 bits per heavy atom. The molecule has 9 nitrogen and oxygen atoms in total. The highest BCUT2D eigenvalue weighted by Gasteiger charge is 2.24. The van der Waals surface area contributed by atoms with Gasteiger partial charge in [-0.05, 0) is 6.42 Å². The highest BCUT2D eigenvalue weighted by atomic mass is 16.5. The van der Waals surface area contributed by atoms with Crippen LogP contribution in [-0.4, -0.2) is 55.8 Å². The summed E-state index contributed by atoms with van der Waals surface area (Å²) in [5.74, 6) is 3.01. The van der Waals surface area contributed by atoms with Crippen LogP contribution in [0.15, 0.2) is 12.4 Å². The van der Waals surface area contributed by atoms with Crippen LogP contribution >= 0.6 is 0 Å². The average molecular weight is 396 g/mol. The molecule has 0 aliphatic carbocycles. The van der Waals surface area contributed by atoms with E-state index in [1.807, 2.05) is 0 Å². The normalized spacial score (nSPS) is 14.8. The van der Waals surface area contributed by atoms with E-state index in [1.165, 1.54) is 0 Å². The fourth-order valence-electron chi connectivity index (χ4n) is 3.56. The van der Waals surface area contributed by atoms with E-state index in [-0.39, 0.29) is 5.95 Å². The molecule has 2 N–H and O–H groups in total. The third kappa shape index (κ3) is 3.87. The van der Waals surface area contributed by atoms with Gasteiger partial charge in [0.1, 0.15) is 5.82 Å². The first-order valence-corrected chi connectivity index (χ1v) is 10.3. The first-order valence-electron chi connectivity index (χ1n) is 10.3. The molecule has 3 aromatic rings. The first-order chi connectivity index (χ1) is 14.1. The molecule has 3 aromatic heterocycles. The van der Waals surface area contributed by atoms with Crippen molar-refractivity contribution in [2.45, 2.75) is 46.1 Å². The summed E-state index contributed by atoms with van der Waals surface area (Å²) in [6.45, 7) is 10.3. The van der Waals surface area contributed by atoms with Crippen molar-refractivity contribution in [3.05, 3.63) is 18.2 Å². The van der Waals surface area contributed by atoms with E-state index in [0.717, 1.165) is 60.8 Å². The van der Waals surface area contributed by atoms with Gasteiger partial charge in [0.25, 0.3) is 0 Å². The predicted octanol–water partition coefficient (Wildman–Crippen LogP) is 2.63. The van der Waals surface area contributed by atoms with Crippen molar-refractivity contribution in [3.8, 4) is 11.4 Å². The van der Waals surface area contributed by atoms with E-state index < -0.39 is 0 Å². The lowest BCUT2D eigenvalue weighted by Crippen LogP contribution is -2.37. The molecule has 0 spiro atoms. The van der Waals surface area contributed by atoms with Crippen LogP contribution in [0.4, 0.5) is 11.8 Å². The van der Waals surface area contributed by atoms with Gasteiger partial charge in [-0.15, -0.1) is 0 Å². The highest BCUT2D eigenvalue weighted by molar-refractivity contribution is 5.86. The Labute approximate surface area is 170 Å². The molecular formula is C20H28N8O. The Hall–Kier alpha value is -2.81. The molecule has 1 saturated heterocycles. The number of rotatable bonds is 6. The summed E-state index contributed by atoms with van der Waals surface area (Å²) in [5.41, 5.74) is 8.12. The van der Waals surface area contributed by atoms with Crippen molar-refractivity contribution in [2.24, 2.45) is 0 Å². The van der Waals surface area contributed by atoms with Crippen molar-refractivity contribution in [2.75, 3.05) is 36.9 Å². The Morgan fingerprint density at radius 1 is 1.10 bits per heavy atom. The average Bonchev–Trinajstić information content (AvgIpc) is 3.11. The maximum atomic E-state index is 5.66. The second-order valence-electron chi connectivity index (χ2n) is 7.60. The summed E-state index contributed by atoms with van der Waals surface area (Å²) in [5, 5.41) is 0. The number of imidazole rings is 1. The molecule has 9 heteroatoms. The van der Waals surface area contributed by atoms with Crippen molar-refractivity contribution >= 4 is 22.9 Å². The summed E-state index contributed by atoms with van der Waals surface area (Å²) >= 11 is 0. The molecule has 4 heterocycles. The zero-order valence-corrected chi connectivity index (χ0v) is 17.3. The fourth-order valence-corrected chi connectivity index (χ4v) is 3.56. The van der Waals surface area contributed by atoms with Crippen LogP contribution in [0.25, 0.3) is 22.6 Å². The van der Waals surface area contributed by atoms with Crippen LogP contribution in [0.1, 0.15) is 45.4 Å². The molecule has 1 aliphatic heterocycles. The molecule has 4 rings (SSSR count). The lowest BCUT2D eigenvalue weighted by molar-refractivity contribution is 0.122. The molecule has 0 unspecified atom stereocenters. The summed E-state index contributed by atoms with van der Waals surface area (Å²) in [6.07, 6.45) is 5.52. The topological polar surface area (TPSA) is 108 Å². The second kappa shape index (κ2) is 8.28. The monoisotopic (exact) mass is 396 g/mol. The number of aryl methyl sites for hydroxylation is 1. The third-order valence-corrected chi connectivity index (χ3v) is 5.10. The Bertz CT molecular complexity index is 976. The van der Waals surface area contributed by atoms with E-state index in [0.29, 0.717) is 25.0 Å². The minimum Gasteiger partial charge on any atom is -0.378 e. The molecule has 0 bridgehead atoms. The van der Waals surface area contributed by atoms with Crippen LogP contribution in [0.5, 0.6) is 0 Å². The first kappa shape index (κ1) is 19.5. The number of anilines is 2. The van der Waals surface area contributed by atoms with Crippen molar-refractivity contribution in [3.63, 3.8) is 0 Å². The molecule has 0 atom stereocenters. The number of nitrogens with zero attached hydrogens (tertiary/aromatic N) is 7. The molecular weight excluding hydrogens is 368 g/mol. The third-order valence-electron chi connectivity index (χ3n) is 5.10. The molecule has 1 fully saturated rings. The van der Waals surface area contributed by atoms with E-state index in [1.54, 1.807) is 12.4 Å². The number of hydrogen-bond acceptors (Lipinski definition) is 8. The number of nitrogen functional groups attached to an aromatic ring is 1. The van der Waals surface area contributed by atoms with Crippen LogP contribution in [0, 0.1) is 0 Å². The number of hydrogen-bond donors (Lipinski definition) is 1. The lowest BCUT2D eigenvalue weighted by Gasteiger charge is -2.28. The SMILES string of the molecule is CCCCn1c(C(C)C)nc2c(N3CCOCC3)nc(-c3cnc(N)nc3)nc21. The van der Waals surface area contributed by atoms with Crippen LogP contribution in [-0.2, 0) is 11.3 Å². The van der Waals surface area contributed by atoms with Gasteiger partial charge >= 0.3 is 0 Å². The van der Waals surface area contributed by atoms with E-state index in [4.69, 9.17) is 25.4 Å². The van der Waals surface area contributed by atoms with Crippen molar-refractivity contribution in [1.82, 2.24) is 29.5 Å². The van der Waals surface area contributed by atoms with Crippen LogP contribution in [0.3, 0.4) is 0 Å². The molecule has 29 heavy (non-hydrogen) atoms. The van der Waals surface area contributed by atoms with Gasteiger partial charge in [0.15, 0.2) is 22.8 Å². The summed E-state index contributed by atoms with van der Waals surface area (Å²) in [7, 11) is 0. The van der Waals surface area contributed by atoms with Gasteiger partial charge in [-0.2, -0.15) is 0 Å². The number of aromatic nitrogens is 6. The van der Waals surface area contributed by atoms with Crippen molar-refractivity contribution in [1.29, 1.82) is 0 Å². The van der Waals surface area contributed by atoms with Gasteiger partial charge in [0, 0.05) is 37.9 Å². The second-order valence-corrected chi connectivity index (χ2v) is 7.60. The van der Waals surface area contributed by atoms with Gasteiger partial charge in [0.05, 0.1) is 18.8 Å². The number of morpholine rings is 1. The van der Waals surface area contributed by atoms with Crippen LogP contribution < -0.4 is 10.6 Å². The predicted molar refractivity (Wildman–Crippen MR) is 113 cm³/mol. The standard InChI is InChI=1S/C20H28N8O/c1-4-5-6-28-17(13(2)3)24-15-18(27-7-9-29-10-8-27)25-16(26-19(15)28)14-11-22-20(21)23-12-14/h11-13H,4-10H2,1-3H3,(H2,21,22,23). The summed E-state index contributed by atoms with van der Waals surface area (Å²) < 4.78 is 7.78. The molecule has 0 amide bonds. The van der Waals surface area contributed by atoms with Gasteiger partial charge in [0.2, 0.25) is 5.95 Å². The van der Waals surface area contributed by atoms with E-state index in [9.17, 15) is 0 Å². The number of unbranched alkanes of at least 4 members (excludes halogenated alkanes) is 1. The largest absolute Gasteiger partial charge is 0.378 e. The van der Waals surface area contributed by atoms with Gasteiger partial charge < -0.3 is 19.9 Å². The van der Waals surface area contributed by atoms with Crippen LogP contribution in [0.2, 0.25) is 0 Å². The Balaban J connectivity index is 1.93. The fraction of sp³-hybridized carbons (Fsp3) is 0.550. The molecule has 1 aliphatic rings. The Kier molecular flexibility index (Phi) is 5.57. The summed E-state index contributed by atoms with van der Waals surface area (Å²) in [6, 6.07) is 0. The van der Waals surface area contributed by atoms with Gasteiger partial charge in [-0.3, -0.25) is 0 Å². The smallest absolute Gasteiger partial charge is 0.219 e. The molecule has 0 radical (unpaired) electrons. The number of fused-ring (bicyclic) bond motifs is 1. The lowest BCUT2D eigenvalue weighted by atomic mass is 10.2. The zero-order valence-electron chi connectivity index (χ0n) is 17.3. The highest BCUT2D eigenvalue weighted by Crippen LogP contribution is 2.30. The van der Waals surface area contributed by atoms with Gasteiger partial charge in [-0.1, -0.05) is 27.2 Å². The maximum absolute atomic E-state index is 5.66. The molecule has 0 saturated carbocycles. The summed E-state index contributed by atoms with van der Waals surface area (Å²) in [4.78, 5) is 25.2. The Morgan fingerprint density at radius 2 is 1.83 bits per heavy atom. The quantitative estimate of drug-likeness (QED) is 0.677.